The summed E-state index contributed by atoms with van der Waals surface area (Å²) in [5, 5.41) is 3.24. The molecule has 1 aliphatic rings. The molecule has 0 fully saturated rings. The molecule has 8 heteroatoms. The molecular weight excluding hydrogens is 483 g/mol. The molecule has 0 saturated carbocycles. The maximum absolute atomic E-state index is 6.41. The highest BCUT2D eigenvalue weighted by atomic mass is 79.9. The molecular formula is C20H17BrCl2N2O2S. The Labute approximate surface area is 187 Å². The molecule has 4 rings (SSSR count). The SMILES string of the molecule is Br.C=CCn1c(-c2ccc(Cl)cc2Cl)csc1=Nc1ccc2c(c1)OCCO2. The van der Waals surface area contributed by atoms with Crippen molar-refractivity contribution in [3.05, 3.63) is 69.3 Å². The fraction of sp³-hybridized carbons (Fsp3) is 0.150. The molecule has 0 N–H and O–H groups in total. The summed E-state index contributed by atoms with van der Waals surface area (Å²) in [7, 11) is 0. The molecule has 28 heavy (non-hydrogen) atoms. The van der Waals surface area contributed by atoms with E-state index in [4.69, 9.17) is 37.7 Å². The summed E-state index contributed by atoms with van der Waals surface area (Å²) in [5.41, 5.74) is 2.67. The molecule has 0 unspecified atom stereocenters. The zero-order valence-electron chi connectivity index (χ0n) is 14.7. The third-order valence-electron chi connectivity index (χ3n) is 4.07. The molecule has 146 valence electrons. The smallest absolute Gasteiger partial charge is 0.190 e. The van der Waals surface area contributed by atoms with Gasteiger partial charge in [0, 0.05) is 28.6 Å². The summed E-state index contributed by atoms with van der Waals surface area (Å²) in [6.45, 7) is 5.59. The second-order valence-corrected chi connectivity index (χ2v) is 7.55. The predicted octanol–water partition coefficient (Wildman–Crippen LogP) is 6.29. The zero-order chi connectivity index (χ0) is 18.8. The van der Waals surface area contributed by atoms with E-state index < -0.39 is 0 Å². The molecule has 0 radical (unpaired) electrons. The van der Waals surface area contributed by atoms with E-state index in [9.17, 15) is 0 Å². The Morgan fingerprint density at radius 2 is 1.89 bits per heavy atom. The van der Waals surface area contributed by atoms with Gasteiger partial charge >= 0.3 is 0 Å². The zero-order valence-corrected chi connectivity index (χ0v) is 18.8. The monoisotopic (exact) mass is 498 g/mol. The minimum atomic E-state index is 0. The van der Waals surface area contributed by atoms with Gasteiger partial charge < -0.3 is 14.0 Å². The van der Waals surface area contributed by atoms with Crippen molar-refractivity contribution >= 4 is 57.2 Å². The van der Waals surface area contributed by atoms with Crippen molar-refractivity contribution in [1.82, 2.24) is 4.57 Å². The fourth-order valence-electron chi connectivity index (χ4n) is 2.85. The van der Waals surface area contributed by atoms with Crippen LogP contribution >= 0.6 is 51.5 Å². The Morgan fingerprint density at radius 3 is 2.64 bits per heavy atom. The second kappa shape index (κ2) is 9.18. The van der Waals surface area contributed by atoms with Gasteiger partial charge in [0.05, 0.1) is 16.4 Å². The Balaban J connectivity index is 0.00000225. The molecule has 0 aliphatic carbocycles. The number of benzene rings is 2. The van der Waals surface area contributed by atoms with Gasteiger partial charge in [0.25, 0.3) is 0 Å². The first-order chi connectivity index (χ1) is 13.2. The quantitative estimate of drug-likeness (QED) is 0.395. The van der Waals surface area contributed by atoms with Gasteiger partial charge in [0.1, 0.15) is 13.2 Å². The average Bonchev–Trinajstić information content (AvgIpc) is 3.04. The number of allylic oxidation sites excluding steroid dienone is 1. The highest BCUT2D eigenvalue weighted by Crippen LogP contribution is 2.34. The van der Waals surface area contributed by atoms with Gasteiger partial charge in [-0.15, -0.1) is 34.9 Å². The van der Waals surface area contributed by atoms with Crippen LogP contribution in [0.25, 0.3) is 11.3 Å². The number of fused-ring (bicyclic) bond motifs is 1. The number of hydrogen-bond donors (Lipinski definition) is 0. The third kappa shape index (κ3) is 4.30. The van der Waals surface area contributed by atoms with E-state index in [0.717, 1.165) is 33.2 Å². The van der Waals surface area contributed by atoms with Gasteiger partial charge in [-0.05, 0) is 30.3 Å². The minimum absolute atomic E-state index is 0. The van der Waals surface area contributed by atoms with E-state index in [1.165, 1.54) is 0 Å². The van der Waals surface area contributed by atoms with Gasteiger partial charge in [-0.2, -0.15) is 0 Å². The molecule has 2 aromatic carbocycles. The van der Waals surface area contributed by atoms with Crippen molar-refractivity contribution in [1.29, 1.82) is 0 Å². The van der Waals surface area contributed by atoms with Crippen LogP contribution in [0.5, 0.6) is 11.5 Å². The van der Waals surface area contributed by atoms with E-state index in [-0.39, 0.29) is 17.0 Å². The first-order valence-electron chi connectivity index (χ1n) is 8.35. The molecule has 0 saturated heterocycles. The molecule has 0 bridgehead atoms. The van der Waals surface area contributed by atoms with E-state index in [0.29, 0.717) is 29.8 Å². The number of thiazole rings is 1. The van der Waals surface area contributed by atoms with Crippen LogP contribution in [0.4, 0.5) is 5.69 Å². The normalized spacial score (nSPS) is 13.1. The summed E-state index contributed by atoms with van der Waals surface area (Å²) in [5.74, 6) is 1.47. The van der Waals surface area contributed by atoms with Crippen LogP contribution in [-0.2, 0) is 6.54 Å². The lowest BCUT2D eigenvalue weighted by atomic mass is 10.1. The third-order valence-corrected chi connectivity index (χ3v) is 5.48. The largest absolute Gasteiger partial charge is 0.486 e. The highest BCUT2D eigenvalue weighted by Gasteiger charge is 2.13. The number of rotatable bonds is 4. The molecule has 1 aromatic heterocycles. The van der Waals surface area contributed by atoms with E-state index in [1.54, 1.807) is 17.4 Å². The van der Waals surface area contributed by atoms with Crippen LogP contribution in [0.15, 0.2) is 59.4 Å². The van der Waals surface area contributed by atoms with Crippen LogP contribution < -0.4 is 14.3 Å². The minimum Gasteiger partial charge on any atom is -0.486 e. The Morgan fingerprint density at radius 1 is 1.11 bits per heavy atom. The van der Waals surface area contributed by atoms with Gasteiger partial charge in [-0.25, -0.2) is 4.99 Å². The van der Waals surface area contributed by atoms with Crippen LogP contribution in [0.3, 0.4) is 0 Å². The van der Waals surface area contributed by atoms with Gasteiger partial charge in [-0.1, -0.05) is 29.3 Å². The van der Waals surface area contributed by atoms with E-state index in [1.807, 2.05) is 41.8 Å². The van der Waals surface area contributed by atoms with Crippen LogP contribution in [-0.4, -0.2) is 17.8 Å². The summed E-state index contributed by atoms with van der Waals surface area (Å²) in [4.78, 5) is 5.63. The maximum Gasteiger partial charge on any atom is 0.190 e. The molecule has 0 spiro atoms. The molecule has 0 atom stereocenters. The first-order valence-corrected chi connectivity index (χ1v) is 9.98. The molecule has 1 aliphatic heterocycles. The number of hydrogen-bond acceptors (Lipinski definition) is 4. The number of nitrogens with zero attached hydrogens (tertiary/aromatic N) is 2. The van der Waals surface area contributed by atoms with Crippen LogP contribution in [0, 0.1) is 0 Å². The number of ether oxygens (including phenoxy) is 2. The molecule has 2 heterocycles. The van der Waals surface area contributed by atoms with Crippen molar-refractivity contribution in [2.45, 2.75) is 6.54 Å². The van der Waals surface area contributed by atoms with Crippen LogP contribution in [0.2, 0.25) is 10.0 Å². The van der Waals surface area contributed by atoms with Crippen molar-refractivity contribution in [3.8, 4) is 22.8 Å². The number of aromatic nitrogens is 1. The molecule has 3 aromatic rings. The topological polar surface area (TPSA) is 35.8 Å². The maximum atomic E-state index is 6.41. The summed E-state index contributed by atoms with van der Waals surface area (Å²) in [6, 6.07) is 11.2. The summed E-state index contributed by atoms with van der Waals surface area (Å²) >= 11 is 14.0. The van der Waals surface area contributed by atoms with Crippen molar-refractivity contribution in [2.75, 3.05) is 13.2 Å². The Hall–Kier alpha value is -1.73. The molecule has 0 amide bonds. The van der Waals surface area contributed by atoms with Crippen molar-refractivity contribution in [2.24, 2.45) is 4.99 Å². The predicted molar refractivity (Wildman–Crippen MR) is 121 cm³/mol. The van der Waals surface area contributed by atoms with Crippen molar-refractivity contribution < 1.29 is 9.47 Å². The van der Waals surface area contributed by atoms with Gasteiger partial charge in [0.15, 0.2) is 16.3 Å². The number of halogens is 3. The van der Waals surface area contributed by atoms with Gasteiger partial charge in [0.2, 0.25) is 0 Å². The van der Waals surface area contributed by atoms with E-state index >= 15 is 0 Å². The van der Waals surface area contributed by atoms with Crippen LogP contribution in [0.1, 0.15) is 0 Å². The van der Waals surface area contributed by atoms with E-state index in [2.05, 4.69) is 11.1 Å². The second-order valence-electron chi connectivity index (χ2n) is 5.87. The fourth-order valence-corrected chi connectivity index (χ4v) is 4.28. The Kier molecular flexibility index (Phi) is 6.88. The molecule has 4 nitrogen and oxygen atoms in total. The van der Waals surface area contributed by atoms with Gasteiger partial charge in [-0.3, -0.25) is 0 Å². The summed E-state index contributed by atoms with van der Waals surface area (Å²) < 4.78 is 13.3. The lowest BCUT2D eigenvalue weighted by Crippen LogP contribution is -2.16. The Bertz CT molecular complexity index is 1080. The van der Waals surface area contributed by atoms with Crippen molar-refractivity contribution in [3.63, 3.8) is 0 Å². The average molecular weight is 500 g/mol. The lowest BCUT2D eigenvalue weighted by molar-refractivity contribution is 0.171. The standard InChI is InChI=1S/C20H16Cl2N2O2S.BrH/c1-2-7-24-17(15-5-3-13(21)10-16(15)22)12-27-20(24)23-14-4-6-18-19(11-14)26-9-8-25-18;/h2-6,10-12H,1,7-9H2;1H. The lowest BCUT2D eigenvalue weighted by Gasteiger charge is -2.18. The highest BCUT2D eigenvalue weighted by molar-refractivity contribution is 8.93. The first kappa shape index (κ1) is 21.0. The summed E-state index contributed by atoms with van der Waals surface area (Å²) in [6.07, 6.45) is 1.84.